The quantitative estimate of drug-likeness (QED) is 0.872. The third-order valence-corrected chi connectivity index (χ3v) is 3.46. The summed E-state index contributed by atoms with van der Waals surface area (Å²) in [6, 6.07) is 6.43. The van der Waals surface area contributed by atoms with Crippen LogP contribution in [-0.2, 0) is 6.42 Å². The van der Waals surface area contributed by atoms with Gasteiger partial charge in [0, 0.05) is 34.4 Å². The second-order valence-electron chi connectivity index (χ2n) is 4.67. The molecule has 2 aromatic rings. The van der Waals surface area contributed by atoms with Crippen molar-refractivity contribution < 1.29 is 4.42 Å². The number of aryl methyl sites for hydroxylation is 1. The van der Waals surface area contributed by atoms with Crippen molar-refractivity contribution in [2.24, 2.45) is 0 Å². The van der Waals surface area contributed by atoms with Crippen LogP contribution in [0, 0.1) is 6.92 Å². The smallest absolute Gasteiger partial charge is 0.101 e. The Hall–Kier alpha value is -1.13. The van der Waals surface area contributed by atoms with Crippen LogP contribution in [0.25, 0.3) is 0 Å². The molecule has 2 heterocycles. The van der Waals surface area contributed by atoms with Gasteiger partial charge in [-0.05, 0) is 54.0 Å². The highest BCUT2D eigenvalue weighted by Crippen LogP contribution is 2.20. The molecule has 0 saturated heterocycles. The molecule has 4 heteroatoms. The molecule has 0 saturated carbocycles. The van der Waals surface area contributed by atoms with E-state index in [-0.39, 0.29) is 6.04 Å². The maximum absolute atomic E-state index is 5.41. The average Bonchev–Trinajstić information content (AvgIpc) is 2.83. The van der Waals surface area contributed by atoms with E-state index in [1.54, 1.807) is 0 Å². The summed E-state index contributed by atoms with van der Waals surface area (Å²) in [6.45, 7) is 5.13. The van der Waals surface area contributed by atoms with Gasteiger partial charge in [0.1, 0.15) is 5.76 Å². The van der Waals surface area contributed by atoms with Gasteiger partial charge in [0.15, 0.2) is 0 Å². The molecule has 0 bridgehead atoms. The number of nitrogens with one attached hydrogen (secondary N) is 1. The molecular weight excluding hydrogens is 304 g/mol. The third-order valence-electron chi connectivity index (χ3n) is 3.00. The second-order valence-corrected chi connectivity index (χ2v) is 5.58. The van der Waals surface area contributed by atoms with Crippen LogP contribution in [0.1, 0.15) is 36.4 Å². The van der Waals surface area contributed by atoms with Crippen molar-refractivity contribution in [1.82, 2.24) is 10.3 Å². The number of pyridine rings is 1. The van der Waals surface area contributed by atoms with Crippen molar-refractivity contribution in [3.8, 4) is 0 Å². The first kappa shape index (κ1) is 14.3. The summed E-state index contributed by atoms with van der Waals surface area (Å²) >= 11 is 3.41. The van der Waals surface area contributed by atoms with E-state index in [2.05, 4.69) is 45.3 Å². The first-order valence-electron chi connectivity index (χ1n) is 6.58. The molecule has 0 aliphatic heterocycles. The molecule has 0 radical (unpaired) electrons. The van der Waals surface area contributed by atoms with E-state index in [0.29, 0.717) is 0 Å². The van der Waals surface area contributed by atoms with Crippen molar-refractivity contribution in [3.05, 3.63) is 52.1 Å². The standard InChI is InChI=1S/C15H19BrN2O/c1-3-6-17-15(12-7-11(2)19-10-12)8-14-5-4-13(16)9-18-14/h4-5,7,9-10,15,17H,3,6,8H2,1-2H3. The summed E-state index contributed by atoms with van der Waals surface area (Å²) in [7, 11) is 0. The molecule has 0 spiro atoms. The van der Waals surface area contributed by atoms with Crippen LogP contribution in [0.5, 0.6) is 0 Å². The van der Waals surface area contributed by atoms with Gasteiger partial charge in [-0.1, -0.05) is 6.92 Å². The third kappa shape index (κ3) is 4.18. The lowest BCUT2D eigenvalue weighted by Gasteiger charge is -2.16. The first-order valence-corrected chi connectivity index (χ1v) is 7.37. The van der Waals surface area contributed by atoms with Crippen molar-refractivity contribution in [3.63, 3.8) is 0 Å². The average molecular weight is 323 g/mol. The molecule has 2 aromatic heterocycles. The van der Waals surface area contributed by atoms with E-state index in [4.69, 9.17) is 4.42 Å². The predicted octanol–water partition coefficient (Wildman–Crippen LogP) is 4.03. The largest absolute Gasteiger partial charge is 0.469 e. The molecule has 2 rings (SSSR count). The number of furan rings is 1. The van der Waals surface area contributed by atoms with Gasteiger partial charge in [0.2, 0.25) is 0 Å². The van der Waals surface area contributed by atoms with Gasteiger partial charge in [-0.2, -0.15) is 0 Å². The lowest BCUT2D eigenvalue weighted by molar-refractivity contribution is 0.501. The Morgan fingerprint density at radius 2 is 2.26 bits per heavy atom. The molecule has 0 aromatic carbocycles. The molecule has 1 N–H and O–H groups in total. The number of hydrogen-bond acceptors (Lipinski definition) is 3. The van der Waals surface area contributed by atoms with Crippen LogP contribution in [0.2, 0.25) is 0 Å². The van der Waals surface area contributed by atoms with Gasteiger partial charge in [0.05, 0.1) is 6.26 Å². The monoisotopic (exact) mass is 322 g/mol. The fourth-order valence-corrected chi connectivity index (χ4v) is 2.24. The molecule has 0 aliphatic carbocycles. The summed E-state index contributed by atoms with van der Waals surface area (Å²) in [6.07, 6.45) is 5.65. The first-order chi connectivity index (χ1) is 9.19. The van der Waals surface area contributed by atoms with E-state index in [1.807, 2.05) is 25.5 Å². The van der Waals surface area contributed by atoms with Crippen LogP contribution in [0.4, 0.5) is 0 Å². The highest BCUT2D eigenvalue weighted by Gasteiger charge is 2.14. The Morgan fingerprint density at radius 3 is 2.84 bits per heavy atom. The second kappa shape index (κ2) is 6.87. The van der Waals surface area contributed by atoms with Gasteiger partial charge >= 0.3 is 0 Å². The molecule has 19 heavy (non-hydrogen) atoms. The van der Waals surface area contributed by atoms with Gasteiger partial charge in [-0.25, -0.2) is 0 Å². The number of nitrogens with zero attached hydrogens (tertiary/aromatic N) is 1. The SMILES string of the molecule is CCCNC(Cc1ccc(Br)cn1)c1coc(C)c1. The molecule has 0 amide bonds. The fraction of sp³-hybridized carbons (Fsp3) is 0.400. The zero-order valence-corrected chi connectivity index (χ0v) is 12.9. The Kier molecular flexibility index (Phi) is 5.16. The number of hydrogen-bond donors (Lipinski definition) is 1. The number of aromatic nitrogens is 1. The van der Waals surface area contributed by atoms with Crippen molar-refractivity contribution in [2.75, 3.05) is 6.54 Å². The van der Waals surface area contributed by atoms with Crippen LogP contribution < -0.4 is 5.32 Å². The normalized spacial score (nSPS) is 12.6. The highest BCUT2D eigenvalue weighted by molar-refractivity contribution is 9.10. The predicted molar refractivity (Wildman–Crippen MR) is 80.1 cm³/mol. The molecule has 0 fully saturated rings. The summed E-state index contributed by atoms with van der Waals surface area (Å²) in [5.41, 5.74) is 2.27. The Bertz CT molecular complexity index is 507. The van der Waals surface area contributed by atoms with E-state index in [9.17, 15) is 0 Å². The molecule has 3 nitrogen and oxygen atoms in total. The minimum Gasteiger partial charge on any atom is -0.469 e. The minimum atomic E-state index is 0.256. The Morgan fingerprint density at radius 1 is 1.42 bits per heavy atom. The molecule has 1 unspecified atom stereocenters. The number of halogens is 1. The molecular formula is C15H19BrN2O. The summed E-state index contributed by atoms with van der Waals surface area (Å²) in [5.74, 6) is 0.946. The van der Waals surface area contributed by atoms with E-state index >= 15 is 0 Å². The lowest BCUT2D eigenvalue weighted by atomic mass is 10.0. The topological polar surface area (TPSA) is 38.1 Å². The van der Waals surface area contributed by atoms with Crippen molar-refractivity contribution >= 4 is 15.9 Å². The van der Waals surface area contributed by atoms with Gasteiger partial charge < -0.3 is 9.73 Å². The molecule has 102 valence electrons. The van der Waals surface area contributed by atoms with Crippen LogP contribution in [0.15, 0.2) is 39.5 Å². The zero-order valence-electron chi connectivity index (χ0n) is 11.3. The number of rotatable bonds is 6. The maximum Gasteiger partial charge on any atom is 0.101 e. The minimum absolute atomic E-state index is 0.256. The lowest BCUT2D eigenvalue weighted by Crippen LogP contribution is -2.24. The fourth-order valence-electron chi connectivity index (χ4n) is 2.01. The molecule has 0 aliphatic rings. The van der Waals surface area contributed by atoms with E-state index < -0.39 is 0 Å². The van der Waals surface area contributed by atoms with Gasteiger partial charge in [-0.15, -0.1) is 0 Å². The van der Waals surface area contributed by atoms with Gasteiger partial charge in [0.25, 0.3) is 0 Å². The maximum atomic E-state index is 5.41. The van der Waals surface area contributed by atoms with Crippen LogP contribution in [0.3, 0.4) is 0 Å². The van der Waals surface area contributed by atoms with Crippen molar-refractivity contribution in [2.45, 2.75) is 32.7 Å². The zero-order chi connectivity index (χ0) is 13.7. The Balaban J connectivity index is 2.11. The Labute approximate surface area is 122 Å². The molecule has 1 atom stereocenters. The highest BCUT2D eigenvalue weighted by atomic mass is 79.9. The summed E-state index contributed by atoms with van der Waals surface area (Å²) in [4.78, 5) is 4.44. The van der Waals surface area contributed by atoms with E-state index in [1.165, 1.54) is 5.56 Å². The van der Waals surface area contributed by atoms with Gasteiger partial charge in [-0.3, -0.25) is 4.98 Å². The van der Waals surface area contributed by atoms with E-state index in [0.717, 1.165) is 35.3 Å². The summed E-state index contributed by atoms with van der Waals surface area (Å²) in [5, 5.41) is 3.55. The van der Waals surface area contributed by atoms with Crippen LogP contribution in [-0.4, -0.2) is 11.5 Å². The van der Waals surface area contributed by atoms with Crippen LogP contribution >= 0.6 is 15.9 Å². The van der Waals surface area contributed by atoms with Crippen molar-refractivity contribution in [1.29, 1.82) is 0 Å². The summed E-state index contributed by atoms with van der Waals surface area (Å²) < 4.78 is 6.42.